The van der Waals surface area contributed by atoms with Crippen molar-refractivity contribution in [3.05, 3.63) is 35.6 Å². The molecule has 2 atom stereocenters. The Morgan fingerprint density at radius 1 is 1.42 bits per heavy atom. The Balaban J connectivity index is 1.76. The lowest BCUT2D eigenvalue weighted by molar-refractivity contribution is 0.174. The summed E-state index contributed by atoms with van der Waals surface area (Å²) in [6, 6.07) is 7.79. The predicted molar refractivity (Wildman–Crippen MR) is 77.7 cm³/mol. The first kappa shape index (κ1) is 14.5. The Labute approximate surface area is 116 Å². The molecule has 1 N–H and O–H groups in total. The highest BCUT2D eigenvalue weighted by Gasteiger charge is 2.18. The van der Waals surface area contributed by atoms with E-state index < -0.39 is 0 Å². The van der Waals surface area contributed by atoms with Gasteiger partial charge in [-0.05, 0) is 64.0 Å². The van der Waals surface area contributed by atoms with Crippen LogP contribution in [0.25, 0.3) is 0 Å². The number of piperidine rings is 1. The molecule has 2 nitrogen and oxygen atoms in total. The molecule has 1 unspecified atom stereocenters. The predicted octanol–water partition coefficient (Wildman–Crippen LogP) is 3.35. The van der Waals surface area contributed by atoms with E-state index in [9.17, 15) is 4.39 Å². The molecule has 1 aliphatic heterocycles. The molecule has 1 fully saturated rings. The van der Waals surface area contributed by atoms with Crippen molar-refractivity contribution in [3.63, 3.8) is 0 Å². The summed E-state index contributed by atoms with van der Waals surface area (Å²) in [6.45, 7) is 4.32. The van der Waals surface area contributed by atoms with Crippen LogP contribution in [0.15, 0.2) is 24.3 Å². The largest absolute Gasteiger partial charge is 0.310 e. The first-order valence-electron chi connectivity index (χ1n) is 7.36. The van der Waals surface area contributed by atoms with Crippen molar-refractivity contribution in [2.24, 2.45) is 0 Å². The summed E-state index contributed by atoms with van der Waals surface area (Å²) in [7, 11) is 2.22. The summed E-state index contributed by atoms with van der Waals surface area (Å²) in [4.78, 5) is 2.47. The topological polar surface area (TPSA) is 15.3 Å². The Kier molecular flexibility index (Phi) is 5.34. The number of nitrogens with one attached hydrogen (secondary N) is 1. The molecule has 1 aromatic rings. The second kappa shape index (κ2) is 7.01. The molecule has 0 bridgehead atoms. The molecule has 0 radical (unpaired) electrons. The molecular weight excluding hydrogens is 239 g/mol. The average molecular weight is 264 g/mol. The minimum atomic E-state index is -0.154. The molecule has 3 heteroatoms. The SMILES string of the molecule is C[C@@H](NCCC1CCCCN1C)c1cccc(F)c1. The zero-order valence-corrected chi connectivity index (χ0v) is 12.0. The van der Waals surface area contributed by atoms with E-state index in [1.807, 2.05) is 6.07 Å². The fraction of sp³-hybridized carbons (Fsp3) is 0.625. The average Bonchev–Trinajstić information content (AvgIpc) is 2.41. The molecule has 2 rings (SSSR count). The lowest BCUT2D eigenvalue weighted by atomic mass is 10.00. The minimum Gasteiger partial charge on any atom is -0.310 e. The zero-order chi connectivity index (χ0) is 13.7. The molecule has 0 spiro atoms. The van der Waals surface area contributed by atoms with Crippen LogP contribution < -0.4 is 5.32 Å². The molecule has 0 saturated carbocycles. The smallest absolute Gasteiger partial charge is 0.123 e. The summed E-state index contributed by atoms with van der Waals surface area (Å²) in [5.74, 6) is -0.154. The van der Waals surface area contributed by atoms with E-state index in [2.05, 4.69) is 24.2 Å². The van der Waals surface area contributed by atoms with Gasteiger partial charge in [0, 0.05) is 12.1 Å². The van der Waals surface area contributed by atoms with Crippen LogP contribution in [0.3, 0.4) is 0 Å². The first-order valence-corrected chi connectivity index (χ1v) is 7.36. The molecule has 1 aliphatic rings. The van der Waals surface area contributed by atoms with Crippen molar-refractivity contribution in [2.75, 3.05) is 20.1 Å². The highest BCUT2D eigenvalue weighted by molar-refractivity contribution is 5.19. The van der Waals surface area contributed by atoms with Gasteiger partial charge >= 0.3 is 0 Å². The van der Waals surface area contributed by atoms with Gasteiger partial charge < -0.3 is 10.2 Å². The summed E-state index contributed by atoms with van der Waals surface area (Å²) in [5, 5.41) is 3.50. The lowest BCUT2D eigenvalue weighted by Crippen LogP contribution is -2.38. The number of benzene rings is 1. The maximum absolute atomic E-state index is 13.2. The van der Waals surface area contributed by atoms with Crippen molar-refractivity contribution in [3.8, 4) is 0 Å². The maximum Gasteiger partial charge on any atom is 0.123 e. The number of hydrogen-bond acceptors (Lipinski definition) is 2. The third-order valence-electron chi connectivity index (χ3n) is 4.20. The lowest BCUT2D eigenvalue weighted by Gasteiger charge is -2.32. The number of hydrogen-bond donors (Lipinski definition) is 1. The van der Waals surface area contributed by atoms with E-state index in [0.717, 1.165) is 12.1 Å². The summed E-state index contributed by atoms with van der Waals surface area (Å²) >= 11 is 0. The van der Waals surface area contributed by atoms with Crippen LogP contribution in [-0.2, 0) is 0 Å². The molecule has 19 heavy (non-hydrogen) atoms. The quantitative estimate of drug-likeness (QED) is 0.877. The van der Waals surface area contributed by atoms with Crippen LogP contribution in [0.4, 0.5) is 4.39 Å². The summed E-state index contributed by atoms with van der Waals surface area (Å²) in [6.07, 6.45) is 5.18. The second-order valence-corrected chi connectivity index (χ2v) is 5.65. The maximum atomic E-state index is 13.2. The van der Waals surface area contributed by atoms with Crippen molar-refractivity contribution < 1.29 is 4.39 Å². The molecule has 0 aromatic heterocycles. The van der Waals surface area contributed by atoms with Gasteiger partial charge in [0.15, 0.2) is 0 Å². The van der Waals surface area contributed by atoms with Crippen molar-refractivity contribution in [1.29, 1.82) is 0 Å². The van der Waals surface area contributed by atoms with Crippen LogP contribution >= 0.6 is 0 Å². The van der Waals surface area contributed by atoms with E-state index in [1.54, 1.807) is 12.1 Å². The van der Waals surface area contributed by atoms with Gasteiger partial charge in [0.25, 0.3) is 0 Å². The molecule has 1 saturated heterocycles. The number of nitrogens with zero attached hydrogens (tertiary/aromatic N) is 1. The van der Waals surface area contributed by atoms with Crippen LogP contribution in [0, 0.1) is 5.82 Å². The van der Waals surface area contributed by atoms with E-state index >= 15 is 0 Å². The number of likely N-dealkylation sites (tertiary alicyclic amines) is 1. The highest BCUT2D eigenvalue weighted by atomic mass is 19.1. The Morgan fingerprint density at radius 2 is 2.26 bits per heavy atom. The minimum absolute atomic E-state index is 0.154. The normalized spacial score (nSPS) is 22.4. The van der Waals surface area contributed by atoms with Crippen LogP contribution in [0.5, 0.6) is 0 Å². The van der Waals surface area contributed by atoms with E-state index in [0.29, 0.717) is 6.04 Å². The molecular formula is C16H25FN2. The Bertz CT molecular complexity index is 394. The third kappa shape index (κ3) is 4.29. The Morgan fingerprint density at radius 3 is 3.00 bits per heavy atom. The zero-order valence-electron chi connectivity index (χ0n) is 12.0. The van der Waals surface area contributed by atoms with Crippen molar-refractivity contribution >= 4 is 0 Å². The second-order valence-electron chi connectivity index (χ2n) is 5.65. The molecule has 106 valence electrons. The molecule has 1 heterocycles. The number of rotatable bonds is 5. The highest BCUT2D eigenvalue weighted by Crippen LogP contribution is 2.18. The third-order valence-corrected chi connectivity index (χ3v) is 4.20. The van der Waals surface area contributed by atoms with E-state index in [-0.39, 0.29) is 11.9 Å². The monoisotopic (exact) mass is 264 g/mol. The van der Waals surface area contributed by atoms with Gasteiger partial charge in [-0.15, -0.1) is 0 Å². The molecule has 0 aliphatic carbocycles. The van der Waals surface area contributed by atoms with Gasteiger partial charge in [-0.1, -0.05) is 18.6 Å². The van der Waals surface area contributed by atoms with Gasteiger partial charge in [-0.2, -0.15) is 0 Å². The first-order chi connectivity index (χ1) is 9.16. The summed E-state index contributed by atoms with van der Waals surface area (Å²) in [5.41, 5.74) is 1.02. The van der Waals surface area contributed by atoms with Crippen molar-refractivity contribution in [1.82, 2.24) is 10.2 Å². The van der Waals surface area contributed by atoms with Gasteiger partial charge in [-0.3, -0.25) is 0 Å². The molecule has 0 amide bonds. The van der Waals surface area contributed by atoms with Crippen molar-refractivity contribution in [2.45, 2.75) is 44.7 Å². The van der Waals surface area contributed by atoms with E-state index in [4.69, 9.17) is 0 Å². The van der Waals surface area contributed by atoms with Gasteiger partial charge in [0.2, 0.25) is 0 Å². The standard InChI is InChI=1S/C16H25FN2/c1-13(14-6-5-7-15(17)12-14)18-10-9-16-8-3-4-11-19(16)2/h5-7,12-13,16,18H,3-4,8-11H2,1-2H3/t13-,16?/m1/s1. The van der Waals surface area contributed by atoms with Gasteiger partial charge in [-0.25, -0.2) is 4.39 Å². The fourth-order valence-corrected chi connectivity index (χ4v) is 2.87. The molecule has 1 aromatic carbocycles. The number of halogens is 1. The van der Waals surface area contributed by atoms with E-state index in [1.165, 1.54) is 38.3 Å². The van der Waals surface area contributed by atoms with Crippen LogP contribution in [0.2, 0.25) is 0 Å². The van der Waals surface area contributed by atoms with Gasteiger partial charge in [0.05, 0.1) is 0 Å². The summed E-state index contributed by atoms with van der Waals surface area (Å²) < 4.78 is 13.2. The van der Waals surface area contributed by atoms with Crippen LogP contribution in [0.1, 0.15) is 44.2 Å². The Hall–Kier alpha value is -0.930. The van der Waals surface area contributed by atoms with Gasteiger partial charge in [0.1, 0.15) is 5.82 Å². The van der Waals surface area contributed by atoms with Crippen LogP contribution in [-0.4, -0.2) is 31.1 Å². The fourth-order valence-electron chi connectivity index (χ4n) is 2.87.